The maximum absolute atomic E-state index is 12.0. The smallest absolute Gasteiger partial charge is 0.406 e. The highest BCUT2D eigenvalue weighted by atomic mass is 19.4. The minimum Gasteiger partial charge on any atom is -0.406 e. The second-order valence-electron chi connectivity index (χ2n) is 3.72. The summed E-state index contributed by atoms with van der Waals surface area (Å²) in [4.78, 5) is 0. The first kappa shape index (κ1) is 12.8. The SMILES string of the molecule is CC(C)c1cc(OC(F)(F)F)ccc1CO. The molecule has 0 aliphatic carbocycles. The first-order chi connectivity index (χ1) is 7.33. The van der Waals surface area contributed by atoms with Crippen LogP contribution in [0.2, 0.25) is 0 Å². The summed E-state index contributed by atoms with van der Waals surface area (Å²) < 4.78 is 39.8. The van der Waals surface area contributed by atoms with Crippen molar-refractivity contribution in [3.05, 3.63) is 29.3 Å². The minimum absolute atomic E-state index is 0.0268. The van der Waals surface area contributed by atoms with Crippen LogP contribution in [0.5, 0.6) is 5.75 Å². The Kier molecular flexibility index (Phi) is 3.80. The standard InChI is InChI=1S/C11H13F3O2/c1-7(2)10-5-9(16-11(12,13)14)4-3-8(10)6-15/h3-5,7,15H,6H2,1-2H3. The van der Waals surface area contributed by atoms with Crippen LogP contribution in [-0.2, 0) is 6.61 Å². The van der Waals surface area contributed by atoms with Crippen LogP contribution < -0.4 is 4.74 Å². The molecule has 0 aromatic heterocycles. The van der Waals surface area contributed by atoms with E-state index in [-0.39, 0.29) is 18.3 Å². The van der Waals surface area contributed by atoms with E-state index in [1.54, 1.807) is 0 Å². The number of benzene rings is 1. The van der Waals surface area contributed by atoms with E-state index in [4.69, 9.17) is 5.11 Å². The molecule has 1 aromatic rings. The highest BCUT2D eigenvalue weighted by molar-refractivity contribution is 5.37. The fourth-order valence-electron chi connectivity index (χ4n) is 1.45. The van der Waals surface area contributed by atoms with Crippen molar-refractivity contribution in [2.24, 2.45) is 0 Å². The molecule has 1 rings (SSSR count). The first-order valence-electron chi connectivity index (χ1n) is 4.83. The van der Waals surface area contributed by atoms with Gasteiger partial charge in [0.1, 0.15) is 5.75 Å². The topological polar surface area (TPSA) is 29.5 Å². The summed E-state index contributed by atoms with van der Waals surface area (Å²) in [5.41, 5.74) is 1.27. The molecule has 0 saturated carbocycles. The van der Waals surface area contributed by atoms with Crippen molar-refractivity contribution in [2.45, 2.75) is 32.7 Å². The zero-order valence-corrected chi connectivity index (χ0v) is 9.01. The van der Waals surface area contributed by atoms with Crippen molar-refractivity contribution < 1.29 is 23.0 Å². The number of ether oxygens (including phenoxy) is 1. The number of halogens is 3. The third-order valence-electron chi connectivity index (χ3n) is 2.14. The van der Waals surface area contributed by atoms with E-state index in [0.29, 0.717) is 11.1 Å². The summed E-state index contributed by atoms with van der Waals surface area (Å²) in [6, 6.07) is 3.95. The Hall–Kier alpha value is -1.23. The second kappa shape index (κ2) is 4.74. The molecule has 0 bridgehead atoms. The number of rotatable bonds is 3. The molecule has 0 unspecified atom stereocenters. The molecule has 0 amide bonds. The number of hydrogen-bond donors (Lipinski definition) is 1. The fraction of sp³-hybridized carbons (Fsp3) is 0.455. The van der Waals surface area contributed by atoms with Crippen LogP contribution in [-0.4, -0.2) is 11.5 Å². The van der Waals surface area contributed by atoms with E-state index in [0.717, 1.165) is 0 Å². The maximum atomic E-state index is 12.0. The molecule has 0 aliphatic rings. The van der Waals surface area contributed by atoms with Crippen molar-refractivity contribution >= 4 is 0 Å². The monoisotopic (exact) mass is 234 g/mol. The zero-order chi connectivity index (χ0) is 12.3. The Labute approximate surface area is 91.7 Å². The van der Waals surface area contributed by atoms with Gasteiger partial charge in [0.2, 0.25) is 0 Å². The van der Waals surface area contributed by atoms with Gasteiger partial charge in [0, 0.05) is 0 Å². The van der Waals surface area contributed by atoms with Gasteiger partial charge in [0.05, 0.1) is 6.61 Å². The Morgan fingerprint density at radius 2 is 1.94 bits per heavy atom. The molecule has 0 atom stereocenters. The highest BCUT2D eigenvalue weighted by Crippen LogP contribution is 2.28. The maximum Gasteiger partial charge on any atom is 0.573 e. The Bertz CT molecular complexity index is 359. The molecule has 0 fully saturated rings. The lowest BCUT2D eigenvalue weighted by molar-refractivity contribution is -0.274. The van der Waals surface area contributed by atoms with Crippen molar-refractivity contribution in [3.8, 4) is 5.75 Å². The number of alkyl halides is 3. The number of aliphatic hydroxyl groups excluding tert-OH is 1. The highest BCUT2D eigenvalue weighted by Gasteiger charge is 2.31. The Morgan fingerprint density at radius 1 is 1.31 bits per heavy atom. The molecule has 2 nitrogen and oxygen atoms in total. The fourth-order valence-corrected chi connectivity index (χ4v) is 1.45. The second-order valence-corrected chi connectivity index (χ2v) is 3.72. The van der Waals surface area contributed by atoms with Crippen molar-refractivity contribution in [2.75, 3.05) is 0 Å². The van der Waals surface area contributed by atoms with Gasteiger partial charge >= 0.3 is 6.36 Å². The summed E-state index contributed by atoms with van der Waals surface area (Å²) in [5, 5.41) is 9.03. The van der Waals surface area contributed by atoms with Crippen molar-refractivity contribution in [1.82, 2.24) is 0 Å². The minimum atomic E-state index is -4.69. The molecule has 0 aliphatic heterocycles. The van der Waals surface area contributed by atoms with Gasteiger partial charge in [0.15, 0.2) is 0 Å². The van der Waals surface area contributed by atoms with Crippen LogP contribution in [0.1, 0.15) is 30.9 Å². The predicted octanol–water partition coefficient (Wildman–Crippen LogP) is 3.20. The van der Waals surface area contributed by atoms with E-state index in [1.165, 1.54) is 18.2 Å². The predicted molar refractivity (Wildman–Crippen MR) is 53.1 cm³/mol. The van der Waals surface area contributed by atoms with Crippen LogP contribution in [0.4, 0.5) is 13.2 Å². The van der Waals surface area contributed by atoms with E-state index in [9.17, 15) is 13.2 Å². The number of hydrogen-bond acceptors (Lipinski definition) is 2. The van der Waals surface area contributed by atoms with Gasteiger partial charge in [-0.25, -0.2) is 0 Å². The molecule has 90 valence electrons. The average molecular weight is 234 g/mol. The summed E-state index contributed by atoms with van der Waals surface area (Å²) >= 11 is 0. The molecule has 5 heteroatoms. The molecular formula is C11H13F3O2. The summed E-state index contributed by atoms with van der Waals surface area (Å²) in [5.74, 6) is -0.229. The van der Waals surface area contributed by atoms with Gasteiger partial charge in [0.25, 0.3) is 0 Å². The zero-order valence-electron chi connectivity index (χ0n) is 9.01. The lowest BCUT2D eigenvalue weighted by Crippen LogP contribution is -2.17. The largest absolute Gasteiger partial charge is 0.573 e. The Balaban J connectivity index is 3.02. The van der Waals surface area contributed by atoms with Gasteiger partial charge in [-0.15, -0.1) is 13.2 Å². The van der Waals surface area contributed by atoms with Crippen LogP contribution in [0.15, 0.2) is 18.2 Å². The molecule has 0 heterocycles. The first-order valence-corrected chi connectivity index (χ1v) is 4.83. The summed E-state index contributed by atoms with van der Waals surface area (Å²) in [6.45, 7) is 3.48. The van der Waals surface area contributed by atoms with Crippen LogP contribution in [0.3, 0.4) is 0 Å². The van der Waals surface area contributed by atoms with Gasteiger partial charge in [-0.1, -0.05) is 19.9 Å². The molecule has 0 saturated heterocycles. The number of aliphatic hydroxyl groups is 1. The molecular weight excluding hydrogens is 221 g/mol. The van der Waals surface area contributed by atoms with Gasteiger partial charge in [-0.3, -0.25) is 0 Å². The lowest BCUT2D eigenvalue weighted by atomic mass is 9.97. The lowest BCUT2D eigenvalue weighted by Gasteiger charge is -2.14. The van der Waals surface area contributed by atoms with Gasteiger partial charge < -0.3 is 9.84 Å². The average Bonchev–Trinajstić information content (AvgIpc) is 2.15. The Morgan fingerprint density at radius 3 is 2.38 bits per heavy atom. The summed E-state index contributed by atoms with van der Waals surface area (Å²) in [6.07, 6.45) is -4.69. The quantitative estimate of drug-likeness (QED) is 0.870. The van der Waals surface area contributed by atoms with Gasteiger partial charge in [-0.2, -0.15) is 0 Å². The molecule has 1 aromatic carbocycles. The third kappa shape index (κ3) is 3.41. The third-order valence-corrected chi connectivity index (χ3v) is 2.14. The molecule has 0 radical (unpaired) electrons. The molecule has 0 spiro atoms. The van der Waals surface area contributed by atoms with E-state index in [1.807, 2.05) is 13.8 Å². The van der Waals surface area contributed by atoms with Crippen molar-refractivity contribution in [1.29, 1.82) is 0 Å². The van der Waals surface area contributed by atoms with Crippen LogP contribution in [0.25, 0.3) is 0 Å². The summed E-state index contributed by atoms with van der Waals surface area (Å²) in [7, 11) is 0. The van der Waals surface area contributed by atoms with Crippen molar-refractivity contribution in [3.63, 3.8) is 0 Å². The van der Waals surface area contributed by atoms with Crippen LogP contribution >= 0.6 is 0 Å². The molecule has 1 N–H and O–H groups in total. The van der Waals surface area contributed by atoms with Crippen LogP contribution in [0, 0.1) is 0 Å². The van der Waals surface area contributed by atoms with E-state index in [2.05, 4.69) is 4.74 Å². The molecule has 16 heavy (non-hydrogen) atoms. The normalized spacial score (nSPS) is 11.9. The van der Waals surface area contributed by atoms with E-state index >= 15 is 0 Å². The van der Waals surface area contributed by atoms with E-state index < -0.39 is 6.36 Å². The van der Waals surface area contributed by atoms with Gasteiger partial charge in [-0.05, 0) is 29.2 Å².